The van der Waals surface area contributed by atoms with Crippen molar-refractivity contribution in [1.29, 1.82) is 0 Å². The lowest BCUT2D eigenvalue weighted by Crippen LogP contribution is -2.16. The van der Waals surface area contributed by atoms with Gasteiger partial charge in [0.25, 0.3) is 5.91 Å². The Balaban J connectivity index is 1.94. The van der Waals surface area contributed by atoms with E-state index in [0.717, 1.165) is 24.7 Å². The van der Waals surface area contributed by atoms with Gasteiger partial charge in [0.2, 0.25) is 10.0 Å². The summed E-state index contributed by atoms with van der Waals surface area (Å²) in [5, 5.41) is 0.589. The molecular formula is C22H17F3N4O3S. The highest BCUT2D eigenvalue weighted by atomic mass is 32.2. The summed E-state index contributed by atoms with van der Waals surface area (Å²) in [5.41, 5.74) is 5.96. The molecule has 0 aliphatic heterocycles. The average molecular weight is 474 g/mol. The van der Waals surface area contributed by atoms with Crippen LogP contribution in [-0.2, 0) is 16.2 Å². The van der Waals surface area contributed by atoms with Gasteiger partial charge in [-0.15, -0.1) is 0 Å². The van der Waals surface area contributed by atoms with Crippen LogP contribution in [0.2, 0.25) is 0 Å². The Labute approximate surface area is 186 Å². The van der Waals surface area contributed by atoms with Gasteiger partial charge in [-0.05, 0) is 42.0 Å². The lowest BCUT2D eigenvalue weighted by molar-refractivity contribution is -0.137. The van der Waals surface area contributed by atoms with Gasteiger partial charge < -0.3 is 10.3 Å². The number of sulfonamides is 1. The van der Waals surface area contributed by atoms with Crippen LogP contribution >= 0.6 is 0 Å². The summed E-state index contributed by atoms with van der Waals surface area (Å²) in [6.07, 6.45) is -1.39. The molecule has 0 aliphatic carbocycles. The minimum atomic E-state index is -4.58. The largest absolute Gasteiger partial charge is 0.417 e. The summed E-state index contributed by atoms with van der Waals surface area (Å²) in [5.74, 6) is -0.758. The van der Waals surface area contributed by atoms with E-state index in [2.05, 4.69) is 9.71 Å². The second kappa shape index (κ2) is 7.93. The summed E-state index contributed by atoms with van der Waals surface area (Å²) in [6.45, 7) is 0. The highest BCUT2D eigenvalue weighted by molar-refractivity contribution is 7.92. The number of rotatable bonds is 5. The molecule has 1 amide bonds. The number of aromatic nitrogens is 2. The van der Waals surface area contributed by atoms with E-state index in [0.29, 0.717) is 16.6 Å². The number of nitrogens with zero attached hydrogens (tertiary/aromatic N) is 2. The fourth-order valence-corrected chi connectivity index (χ4v) is 4.18. The molecule has 0 aliphatic rings. The molecule has 4 rings (SSSR count). The van der Waals surface area contributed by atoms with E-state index >= 15 is 0 Å². The molecule has 0 spiro atoms. The number of nitrogens with one attached hydrogen (secondary N) is 1. The zero-order valence-electron chi connectivity index (χ0n) is 17.1. The number of pyridine rings is 1. The third kappa shape index (κ3) is 4.53. The number of amides is 1. The van der Waals surface area contributed by atoms with Gasteiger partial charge in [0, 0.05) is 29.0 Å². The second-order valence-electron chi connectivity index (χ2n) is 7.35. The predicted octanol–water partition coefficient (Wildman–Crippen LogP) is 4.18. The molecule has 4 aromatic rings. The molecule has 7 nitrogen and oxygen atoms in total. The molecule has 170 valence electrons. The van der Waals surface area contributed by atoms with E-state index in [4.69, 9.17) is 5.73 Å². The summed E-state index contributed by atoms with van der Waals surface area (Å²) in [4.78, 5) is 16.0. The number of alkyl halides is 3. The first-order valence-electron chi connectivity index (χ1n) is 9.49. The van der Waals surface area contributed by atoms with Crippen LogP contribution in [0, 0.1) is 0 Å². The van der Waals surface area contributed by atoms with Crippen molar-refractivity contribution in [3.05, 3.63) is 78.2 Å². The van der Waals surface area contributed by atoms with Crippen LogP contribution in [-0.4, -0.2) is 30.1 Å². The number of anilines is 1. The number of benzene rings is 2. The first kappa shape index (κ1) is 22.3. The molecule has 0 atom stereocenters. The first-order chi connectivity index (χ1) is 15.4. The first-order valence-corrected chi connectivity index (χ1v) is 11.4. The van der Waals surface area contributed by atoms with Crippen molar-refractivity contribution >= 4 is 32.5 Å². The van der Waals surface area contributed by atoms with Crippen LogP contribution in [0.15, 0.2) is 67.0 Å². The Hall–Kier alpha value is -3.86. The minimum absolute atomic E-state index is 0.0842. The highest BCUT2D eigenvalue weighted by Gasteiger charge is 2.33. The van der Waals surface area contributed by atoms with Crippen LogP contribution in [0.3, 0.4) is 0 Å². The number of nitrogens with two attached hydrogens (primary N) is 1. The Morgan fingerprint density at radius 1 is 1.09 bits per heavy atom. The number of fused-ring (bicyclic) bond motifs is 1. The summed E-state index contributed by atoms with van der Waals surface area (Å²) in [6, 6.07) is 13.2. The number of carbonyl (C=O) groups is 1. The van der Waals surface area contributed by atoms with Crippen molar-refractivity contribution < 1.29 is 26.4 Å². The van der Waals surface area contributed by atoms with E-state index in [1.165, 1.54) is 34.9 Å². The highest BCUT2D eigenvalue weighted by Crippen LogP contribution is 2.37. The number of hydrogen-bond acceptors (Lipinski definition) is 4. The molecule has 0 saturated heterocycles. The van der Waals surface area contributed by atoms with Gasteiger partial charge in [-0.2, -0.15) is 13.2 Å². The predicted molar refractivity (Wildman–Crippen MR) is 118 cm³/mol. The topological polar surface area (TPSA) is 107 Å². The van der Waals surface area contributed by atoms with Crippen LogP contribution in [0.1, 0.15) is 16.1 Å². The van der Waals surface area contributed by atoms with Crippen molar-refractivity contribution in [3.8, 4) is 16.8 Å². The maximum atomic E-state index is 13.5. The van der Waals surface area contributed by atoms with Crippen LogP contribution in [0.4, 0.5) is 18.9 Å². The van der Waals surface area contributed by atoms with Crippen molar-refractivity contribution in [2.75, 3.05) is 11.0 Å². The van der Waals surface area contributed by atoms with Gasteiger partial charge >= 0.3 is 6.18 Å². The van der Waals surface area contributed by atoms with Gasteiger partial charge in [0.1, 0.15) is 5.69 Å². The molecule has 2 aromatic heterocycles. The lowest BCUT2D eigenvalue weighted by Gasteiger charge is -2.15. The molecule has 2 aromatic carbocycles. The molecular weight excluding hydrogens is 457 g/mol. The third-order valence-electron chi connectivity index (χ3n) is 4.90. The normalized spacial score (nSPS) is 12.1. The van der Waals surface area contributed by atoms with Crippen molar-refractivity contribution in [2.45, 2.75) is 6.18 Å². The number of halogens is 3. The van der Waals surface area contributed by atoms with Crippen molar-refractivity contribution in [1.82, 2.24) is 9.55 Å². The second-order valence-corrected chi connectivity index (χ2v) is 9.09. The molecule has 2 heterocycles. The SMILES string of the molecule is CS(=O)(=O)Nc1ccc2cc(C(N)=O)n(-c3cccc(-c4cnccc4C(F)(F)F)c3)c2c1. The Bertz CT molecular complexity index is 1490. The zero-order chi connectivity index (χ0) is 24.0. The van der Waals surface area contributed by atoms with Crippen LogP contribution in [0.5, 0.6) is 0 Å². The molecule has 0 unspecified atom stereocenters. The molecule has 11 heteroatoms. The van der Waals surface area contributed by atoms with E-state index in [1.54, 1.807) is 18.2 Å². The van der Waals surface area contributed by atoms with Crippen molar-refractivity contribution in [2.24, 2.45) is 5.73 Å². The van der Waals surface area contributed by atoms with Gasteiger partial charge in [0.15, 0.2) is 0 Å². The average Bonchev–Trinajstić information content (AvgIpc) is 3.11. The molecule has 3 N–H and O–H groups in total. The fourth-order valence-electron chi connectivity index (χ4n) is 3.62. The van der Waals surface area contributed by atoms with Crippen LogP contribution in [0.25, 0.3) is 27.7 Å². The minimum Gasteiger partial charge on any atom is -0.364 e. The summed E-state index contributed by atoms with van der Waals surface area (Å²) in [7, 11) is -3.56. The van der Waals surface area contributed by atoms with Gasteiger partial charge in [-0.25, -0.2) is 8.42 Å². The van der Waals surface area contributed by atoms with Gasteiger partial charge in [-0.3, -0.25) is 14.5 Å². The summed E-state index contributed by atoms with van der Waals surface area (Å²) < 4.78 is 67.6. The lowest BCUT2D eigenvalue weighted by atomic mass is 10.0. The van der Waals surface area contributed by atoms with Crippen LogP contribution < -0.4 is 10.5 Å². The molecule has 0 radical (unpaired) electrons. The summed E-state index contributed by atoms with van der Waals surface area (Å²) >= 11 is 0. The molecule has 0 saturated carbocycles. The third-order valence-corrected chi connectivity index (χ3v) is 5.51. The van der Waals surface area contributed by atoms with E-state index in [-0.39, 0.29) is 22.5 Å². The Morgan fingerprint density at radius 2 is 1.85 bits per heavy atom. The Kier molecular flexibility index (Phi) is 5.36. The van der Waals surface area contributed by atoms with Gasteiger partial charge in [-0.1, -0.05) is 18.2 Å². The smallest absolute Gasteiger partial charge is 0.364 e. The Morgan fingerprint density at radius 3 is 2.52 bits per heavy atom. The number of primary amides is 1. The fraction of sp³-hybridized carbons (Fsp3) is 0.0909. The number of carbonyl (C=O) groups excluding carboxylic acids is 1. The zero-order valence-corrected chi connectivity index (χ0v) is 17.9. The standard InChI is InChI=1S/C22H17F3N4O3S/c1-33(31,32)28-15-6-5-14-10-20(21(26)30)29(19(14)11-15)16-4-2-3-13(9-16)17-12-27-8-7-18(17)22(23,24)25/h2-12,28H,1H3,(H2,26,30). The molecule has 0 fully saturated rings. The maximum absolute atomic E-state index is 13.5. The maximum Gasteiger partial charge on any atom is 0.417 e. The van der Waals surface area contributed by atoms with Gasteiger partial charge in [0.05, 0.1) is 23.0 Å². The monoisotopic (exact) mass is 474 g/mol. The van der Waals surface area contributed by atoms with E-state index in [1.807, 2.05) is 0 Å². The number of hydrogen-bond donors (Lipinski definition) is 2. The quantitative estimate of drug-likeness (QED) is 0.452. The molecule has 33 heavy (non-hydrogen) atoms. The van der Waals surface area contributed by atoms with E-state index < -0.39 is 27.7 Å². The molecule has 0 bridgehead atoms. The van der Waals surface area contributed by atoms with E-state index in [9.17, 15) is 26.4 Å². The van der Waals surface area contributed by atoms with Crippen molar-refractivity contribution in [3.63, 3.8) is 0 Å².